The van der Waals surface area contributed by atoms with Crippen LogP contribution in [0.5, 0.6) is 0 Å². The topological polar surface area (TPSA) is 52.7 Å². The molecule has 1 spiro atoms. The lowest BCUT2D eigenvalue weighted by molar-refractivity contribution is -0.135. The Morgan fingerprint density at radius 3 is 2.32 bits per heavy atom. The number of urea groups is 1. The maximum Gasteiger partial charge on any atom is 0.317 e. The van der Waals surface area contributed by atoms with Gasteiger partial charge in [-0.05, 0) is 38.0 Å². The van der Waals surface area contributed by atoms with E-state index in [-0.39, 0.29) is 10.9 Å². The molecule has 0 radical (unpaired) electrons. The summed E-state index contributed by atoms with van der Waals surface area (Å²) in [6, 6.07) is 0.482. The van der Waals surface area contributed by atoms with Crippen LogP contribution in [0.3, 0.4) is 0 Å². The van der Waals surface area contributed by atoms with Crippen molar-refractivity contribution in [2.75, 3.05) is 25.4 Å². The van der Waals surface area contributed by atoms with Crippen molar-refractivity contribution in [2.24, 2.45) is 5.92 Å². The zero-order valence-electron chi connectivity index (χ0n) is 17.3. The van der Waals surface area contributed by atoms with Crippen molar-refractivity contribution in [3.05, 3.63) is 0 Å². The van der Waals surface area contributed by atoms with E-state index in [2.05, 4.69) is 10.2 Å². The summed E-state index contributed by atoms with van der Waals surface area (Å²) in [6.07, 6.45) is 15.0. The summed E-state index contributed by atoms with van der Waals surface area (Å²) in [6.45, 7) is 2.44. The standard InChI is InChI=1S/C22H37N3O2S/c26-20(11-10-18-6-4-5-7-18)25-16-17-28-22(25)12-14-24(15-13-22)21(27)23-19-8-2-1-3-9-19/h18-19H,1-17H2,(H,23,27). The number of rotatable bonds is 4. The minimum Gasteiger partial charge on any atom is -0.335 e. The molecule has 0 unspecified atom stereocenters. The van der Waals surface area contributed by atoms with Crippen LogP contribution in [0.4, 0.5) is 4.79 Å². The SMILES string of the molecule is O=C(NC1CCCCC1)N1CCC2(CC1)SCCN2C(=O)CCC1CCCC1. The van der Waals surface area contributed by atoms with E-state index in [1.54, 1.807) is 0 Å². The van der Waals surface area contributed by atoms with Crippen LogP contribution in [-0.2, 0) is 4.79 Å². The van der Waals surface area contributed by atoms with Crippen molar-refractivity contribution in [3.63, 3.8) is 0 Å². The van der Waals surface area contributed by atoms with E-state index in [1.165, 1.54) is 44.9 Å². The van der Waals surface area contributed by atoms with E-state index in [4.69, 9.17) is 0 Å². The third kappa shape index (κ3) is 4.63. The predicted molar refractivity (Wildman–Crippen MR) is 114 cm³/mol. The molecule has 158 valence electrons. The third-order valence-corrected chi connectivity index (χ3v) is 9.04. The molecule has 2 aliphatic carbocycles. The van der Waals surface area contributed by atoms with Gasteiger partial charge in [0, 0.05) is 37.8 Å². The fourth-order valence-corrected chi connectivity index (χ4v) is 7.18. The highest BCUT2D eigenvalue weighted by Crippen LogP contribution is 2.44. The molecule has 5 nitrogen and oxygen atoms in total. The molecule has 4 aliphatic rings. The summed E-state index contributed by atoms with van der Waals surface area (Å²) in [5, 5.41) is 3.25. The first-order valence-corrected chi connectivity index (χ1v) is 12.6. The molecule has 6 heteroatoms. The lowest BCUT2D eigenvalue weighted by Gasteiger charge is -2.44. The van der Waals surface area contributed by atoms with Gasteiger partial charge >= 0.3 is 6.03 Å². The molecule has 1 N–H and O–H groups in total. The molecule has 2 saturated carbocycles. The van der Waals surface area contributed by atoms with Crippen LogP contribution in [0.15, 0.2) is 0 Å². The van der Waals surface area contributed by atoms with Crippen LogP contribution in [-0.4, -0.2) is 58.0 Å². The molecule has 0 atom stereocenters. The Morgan fingerprint density at radius 2 is 1.61 bits per heavy atom. The summed E-state index contributed by atoms with van der Waals surface area (Å²) in [7, 11) is 0. The summed E-state index contributed by atoms with van der Waals surface area (Å²) >= 11 is 1.96. The van der Waals surface area contributed by atoms with Gasteiger partial charge in [-0.15, -0.1) is 11.8 Å². The molecule has 2 saturated heterocycles. The third-order valence-electron chi connectivity index (χ3n) is 7.48. The molecule has 4 rings (SSSR count). The van der Waals surface area contributed by atoms with Crippen molar-refractivity contribution in [3.8, 4) is 0 Å². The Morgan fingerprint density at radius 1 is 0.929 bits per heavy atom. The second-order valence-corrected chi connectivity index (χ2v) is 10.8. The molecule has 2 heterocycles. The van der Waals surface area contributed by atoms with Gasteiger partial charge in [0.2, 0.25) is 5.91 Å². The second kappa shape index (κ2) is 9.27. The van der Waals surface area contributed by atoms with E-state index in [9.17, 15) is 9.59 Å². The molecule has 0 bridgehead atoms. The van der Waals surface area contributed by atoms with Crippen molar-refractivity contribution in [2.45, 2.75) is 94.4 Å². The van der Waals surface area contributed by atoms with E-state index >= 15 is 0 Å². The van der Waals surface area contributed by atoms with Gasteiger partial charge in [0.15, 0.2) is 0 Å². The van der Waals surface area contributed by atoms with E-state index in [1.807, 2.05) is 16.7 Å². The van der Waals surface area contributed by atoms with Gasteiger partial charge in [-0.2, -0.15) is 0 Å². The fourth-order valence-electron chi connectivity index (χ4n) is 5.71. The number of piperidine rings is 1. The minimum atomic E-state index is -0.0472. The van der Waals surface area contributed by atoms with Crippen LogP contribution >= 0.6 is 11.8 Å². The number of nitrogens with one attached hydrogen (secondary N) is 1. The first-order valence-electron chi connectivity index (χ1n) is 11.7. The zero-order valence-corrected chi connectivity index (χ0v) is 18.1. The van der Waals surface area contributed by atoms with Crippen LogP contribution in [0.1, 0.15) is 83.5 Å². The molecule has 28 heavy (non-hydrogen) atoms. The van der Waals surface area contributed by atoms with Gasteiger partial charge in [0.1, 0.15) is 0 Å². The first-order chi connectivity index (χ1) is 13.7. The number of nitrogens with zero attached hydrogens (tertiary/aromatic N) is 2. The van der Waals surface area contributed by atoms with Gasteiger partial charge in [-0.25, -0.2) is 4.79 Å². The van der Waals surface area contributed by atoms with Crippen LogP contribution < -0.4 is 5.32 Å². The Bertz CT molecular complexity index is 550. The highest BCUT2D eigenvalue weighted by Gasteiger charge is 2.46. The number of carbonyl (C=O) groups is 2. The second-order valence-electron chi connectivity index (χ2n) is 9.30. The van der Waals surface area contributed by atoms with Gasteiger partial charge in [-0.3, -0.25) is 4.79 Å². The van der Waals surface area contributed by atoms with Crippen molar-refractivity contribution in [1.29, 1.82) is 0 Å². The van der Waals surface area contributed by atoms with Gasteiger partial charge < -0.3 is 15.1 Å². The number of thioether (sulfide) groups is 1. The van der Waals surface area contributed by atoms with E-state index in [0.717, 1.165) is 69.8 Å². The van der Waals surface area contributed by atoms with E-state index in [0.29, 0.717) is 11.9 Å². The van der Waals surface area contributed by atoms with Crippen molar-refractivity contribution < 1.29 is 9.59 Å². The van der Waals surface area contributed by atoms with Crippen molar-refractivity contribution >= 4 is 23.7 Å². The molecular formula is C22H37N3O2S. The number of hydrogen-bond donors (Lipinski definition) is 1. The molecule has 4 fully saturated rings. The minimum absolute atomic E-state index is 0.0472. The summed E-state index contributed by atoms with van der Waals surface area (Å²) in [5.41, 5.74) is 0. The maximum atomic E-state index is 13.0. The average molecular weight is 408 g/mol. The summed E-state index contributed by atoms with van der Waals surface area (Å²) in [5.74, 6) is 2.18. The lowest BCUT2D eigenvalue weighted by Crippen LogP contribution is -2.56. The molecule has 3 amide bonds. The quantitative estimate of drug-likeness (QED) is 0.753. The molecule has 2 aliphatic heterocycles. The smallest absolute Gasteiger partial charge is 0.317 e. The molecule has 0 aromatic carbocycles. The Balaban J connectivity index is 1.26. The van der Waals surface area contributed by atoms with Gasteiger partial charge in [-0.1, -0.05) is 44.9 Å². The number of amides is 3. The monoisotopic (exact) mass is 407 g/mol. The molecule has 0 aromatic heterocycles. The first kappa shape index (κ1) is 20.4. The van der Waals surface area contributed by atoms with Crippen LogP contribution in [0, 0.1) is 5.92 Å². The lowest BCUT2D eigenvalue weighted by atomic mass is 9.95. The summed E-state index contributed by atoms with van der Waals surface area (Å²) in [4.78, 5) is 29.8. The summed E-state index contributed by atoms with van der Waals surface area (Å²) < 4.78 is 0. The van der Waals surface area contributed by atoms with Crippen LogP contribution in [0.2, 0.25) is 0 Å². The molecular weight excluding hydrogens is 370 g/mol. The fraction of sp³-hybridized carbons (Fsp3) is 0.909. The highest BCUT2D eigenvalue weighted by atomic mass is 32.2. The largest absolute Gasteiger partial charge is 0.335 e. The Labute approximate surface area is 174 Å². The Hall–Kier alpha value is -0.910. The number of hydrogen-bond acceptors (Lipinski definition) is 3. The highest BCUT2D eigenvalue weighted by molar-refractivity contribution is 8.00. The normalized spacial score (nSPS) is 26.1. The average Bonchev–Trinajstić information content (AvgIpc) is 3.38. The molecule has 0 aromatic rings. The van der Waals surface area contributed by atoms with Gasteiger partial charge in [0.05, 0.1) is 4.87 Å². The van der Waals surface area contributed by atoms with Crippen molar-refractivity contribution in [1.82, 2.24) is 15.1 Å². The number of carbonyl (C=O) groups excluding carboxylic acids is 2. The van der Waals surface area contributed by atoms with E-state index < -0.39 is 0 Å². The Kier molecular flexibility index (Phi) is 6.74. The zero-order chi connectivity index (χ0) is 19.4. The van der Waals surface area contributed by atoms with Crippen LogP contribution in [0.25, 0.3) is 0 Å². The predicted octanol–water partition coefficient (Wildman–Crippen LogP) is 4.37. The maximum absolute atomic E-state index is 13.0. The van der Waals surface area contributed by atoms with Gasteiger partial charge in [0.25, 0.3) is 0 Å². The number of likely N-dealkylation sites (tertiary alicyclic amines) is 1.